The maximum atomic E-state index is 12.4. The summed E-state index contributed by atoms with van der Waals surface area (Å²) in [7, 11) is 0. The van der Waals surface area contributed by atoms with Crippen molar-refractivity contribution in [2.75, 3.05) is 5.32 Å². The number of rotatable bonds is 8. The molecule has 0 atom stereocenters. The Labute approximate surface area is 177 Å². The van der Waals surface area contributed by atoms with Crippen LogP contribution in [-0.2, 0) is 13.2 Å². The Morgan fingerprint density at radius 1 is 1.13 bits per heavy atom. The van der Waals surface area contributed by atoms with E-state index in [1.54, 1.807) is 53.6 Å². The maximum Gasteiger partial charge on any atom is 0.279 e. The van der Waals surface area contributed by atoms with Gasteiger partial charge in [-0.25, -0.2) is 0 Å². The fourth-order valence-corrected chi connectivity index (χ4v) is 2.82. The van der Waals surface area contributed by atoms with Crippen LogP contribution in [0.1, 0.15) is 39.1 Å². The number of amides is 1. The molecule has 0 aliphatic carbocycles. The summed E-state index contributed by atoms with van der Waals surface area (Å²) < 4.78 is 12.5. The van der Waals surface area contributed by atoms with E-state index in [9.17, 15) is 9.59 Å². The number of carbonyl (C=O) groups is 2. The van der Waals surface area contributed by atoms with Gasteiger partial charge in [0.05, 0.1) is 6.54 Å². The van der Waals surface area contributed by atoms with Gasteiger partial charge in [-0.05, 0) is 36.8 Å². The highest BCUT2D eigenvalue weighted by Gasteiger charge is 2.15. The molecule has 9 nitrogen and oxygen atoms in total. The largest absolute Gasteiger partial charge is 0.486 e. The number of Topliss-reactive ketones (excluding diaryl/α,β-unsaturated/α-hetero) is 1. The molecule has 1 amide bonds. The van der Waals surface area contributed by atoms with Gasteiger partial charge in [0.15, 0.2) is 23.1 Å². The standard InChI is InChI=1S/C22H19N5O4/c1-15(28)17-3-2-4-18(11-17)30-14-19-12-20(26-31-19)22(29)24-21-7-10-27(25-21)13-16-5-8-23-9-6-16/h2-12H,13-14H2,1H3,(H,24,25,29). The molecule has 1 aromatic carbocycles. The third-order valence-corrected chi connectivity index (χ3v) is 4.39. The number of nitrogens with one attached hydrogen (secondary N) is 1. The quantitative estimate of drug-likeness (QED) is 0.438. The van der Waals surface area contributed by atoms with E-state index in [0.717, 1.165) is 5.56 Å². The van der Waals surface area contributed by atoms with Crippen molar-refractivity contribution in [3.63, 3.8) is 0 Å². The first kappa shape index (κ1) is 20.0. The van der Waals surface area contributed by atoms with E-state index in [-0.39, 0.29) is 18.1 Å². The van der Waals surface area contributed by atoms with Gasteiger partial charge in [0.1, 0.15) is 12.4 Å². The van der Waals surface area contributed by atoms with E-state index in [1.165, 1.54) is 13.0 Å². The van der Waals surface area contributed by atoms with Crippen LogP contribution in [-0.4, -0.2) is 31.6 Å². The van der Waals surface area contributed by atoms with Crippen LogP contribution in [0.15, 0.2) is 71.6 Å². The molecule has 0 aliphatic rings. The molecule has 0 bridgehead atoms. The zero-order valence-corrected chi connectivity index (χ0v) is 16.7. The third kappa shape index (κ3) is 5.21. The van der Waals surface area contributed by atoms with Gasteiger partial charge >= 0.3 is 0 Å². The van der Waals surface area contributed by atoms with Crippen molar-refractivity contribution < 1.29 is 18.8 Å². The van der Waals surface area contributed by atoms with Crippen molar-refractivity contribution in [1.29, 1.82) is 0 Å². The van der Waals surface area contributed by atoms with Crippen molar-refractivity contribution >= 4 is 17.5 Å². The van der Waals surface area contributed by atoms with Gasteiger partial charge in [0, 0.05) is 36.3 Å². The molecule has 9 heteroatoms. The molecule has 0 radical (unpaired) electrons. The predicted molar refractivity (Wildman–Crippen MR) is 111 cm³/mol. The van der Waals surface area contributed by atoms with Gasteiger partial charge in [-0.15, -0.1) is 0 Å². The van der Waals surface area contributed by atoms with Crippen LogP contribution in [0.2, 0.25) is 0 Å². The molecule has 4 rings (SSSR count). The highest BCUT2D eigenvalue weighted by molar-refractivity contribution is 6.02. The second-order valence-corrected chi connectivity index (χ2v) is 6.76. The normalized spacial score (nSPS) is 10.6. The van der Waals surface area contributed by atoms with Gasteiger partial charge < -0.3 is 14.6 Å². The van der Waals surface area contributed by atoms with Crippen LogP contribution >= 0.6 is 0 Å². The first-order valence-electron chi connectivity index (χ1n) is 9.50. The lowest BCUT2D eigenvalue weighted by Crippen LogP contribution is -2.13. The molecule has 1 N–H and O–H groups in total. The van der Waals surface area contributed by atoms with Crippen molar-refractivity contribution in [2.45, 2.75) is 20.1 Å². The lowest BCUT2D eigenvalue weighted by molar-refractivity contribution is 0.100. The van der Waals surface area contributed by atoms with E-state index in [2.05, 4.69) is 20.6 Å². The lowest BCUT2D eigenvalue weighted by Gasteiger charge is -2.04. The van der Waals surface area contributed by atoms with Crippen molar-refractivity contribution in [3.05, 3.63) is 89.7 Å². The molecule has 0 aliphatic heterocycles. The average molecular weight is 417 g/mol. The Kier molecular flexibility index (Phi) is 5.84. The Hall–Kier alpha value is -4.27. The van der Waals surface area contributed by atoms with Gasteiger partial charge in [0.2, 0.25) is 0 Å². The van der Waals surface area contributed by atoms with Crippen LogP contribution < -0.4 is 10.1 Å². The fourth-order valence-electron chi connectivity index (χ4n) is 2.82. The summed E-state index contributed by atoms with van der Waals surface area (Å²) in [5, 5.41) is 10.8. The molecule has 0 spiro atoms. The fraction of sp³-hybridized carbons (Fsp3) is 0.136. The molecule has 0 saturated heterocycles. The second-order valence-electron chi connectivity index (χ2n) is 6.76. The molecular formula is C22H19N5O4. The average Bonchev–Trinajstić information content (AvgIpc) is 3.43. The van der Waals surface area contributed by atoms with Gasteiger partial charge in [-0.1, -0.05) is 17.3 Å². The van der Waals surface area contributed by atoms with Crippen LogP contribution in [0, 0.1) is 0 Å². The zero-order chi connectivity index (χ0) is 21.6. The minimum Gasteiger partial charge on any atom is -0.486 e. The molecule has 0 saturated carbocycles. The second kappa shape index (κ2) is 9.04. The number of aromatic nitrogens is 4. The van der Waals surface area contributed by atoms with Crippen molar-refractivity contribution in [1.82, 2.24) is 19.9 Å². The smallest absolute Gasteiger partial charge is 0.279 e. The molecule has 0 unspecified atom stereocenters. The summed E-state index contributed by atoms with van der Waals surface area (Å²) in [5.41, 5.74) is 1.71. The number of hydrogen-bond acceptors (Lipinski definition) is 7. The van der Waals surface area contributed by atoms with Crippen molar-refractivity contribution in [2.24, 2.45) is 0 Å². The van der Waals surface area contributed by atoms with Crippen molar-refractivity contribution in [3.8, 4) is 5.75 Å². The summed E-state index contributed by atoms with van der Waals surface area (Å²) in [5.74, 6) is 0.812. The predicted octanol–water partition coefficient (Wildman–Crippen LogP) is 3.35. The highest BCUT2D eigenvalue weighted by Crippen LogP contribution is 2.16. The number of benzene rings is 1. The Morgan fingerprint density at radius 3 is 2.77 bits per heavy atom. The number of pyridine rings is 1. The number of hydrogen-bond donors (Lipinski definition) is 1. The molecule has 31 heavy (non-hydrogen) atoms. The third-order valence-electron chi connectivity index (χ3n) is 4.39. The Morgan fingerprint density at radius 2 is 1.97 bits per heavy atom. The van der Waals surface area contributed by atoms with Crippen LogP contribution in [0.5, 0.6) is 5.75 Å². The first-order valence-corrected chi connectivity index (χ1v) is 9.50. The summed E-state index contributed by atoms with van der Waals surface area (Å²) in [4.78, 5) is 27.9. The molecule has 156 valence electrons. The highest BCUT2D eigenvalue weighted by atomic mass is 16.5. The Bertz CT molecular complexity index is 1200. The molecule has 0 fully saturated rings. The maximum absolute atomic E-state index is 12.4. The van der Waals surface area contributed by atoms with Crippen LogP contribution in [0.25, 0.3) is 0 Å². The van der Waals surface area contributed by atoms with E-state index in [0.29, 0.717) is 29.4 Å². The first-order chi connectivity index (χ1) is 15.1. The number of ether oxygens (including phenoxy) is 1. The van der Waals surface area contributed by atoms with E-state index in [4.69, 9.17) is 9.26 Å². The summed E-state index contributed by atoms with van der Waals surface area (Å²) in [6, 6.07) is 13.8. The van der Waals surface area contributed by atoms with E-state index >= 15 is 0 Å². The summed E-state index contributed by atoms with van der Waals surface area (Å²) >= 11 is 0. The summed E-state index contributed by atoms with van der Waals surface area (Å²) in [6.07, 6.45) is 5.20. The number of ketones is 1. The lowest BCUT2D eigenvalue weighted by atomic mass is 10.1. The minimum absolute atomic E-state index is 0.0488. The van der Waals surface area contributed by atoms with Gasteiger partial charge in [0.25, 0.3) is 5.91 Å². The van der Waals surface area contributed by atoms with Crippen LogP contribution in [0.3, 0.4) is 0 Å². The molecule has 3 aromatic heterocycles. The number of carbonyl (C=O) groups excluding carboxylic acids is 2. The molecular weight excluding hydrogens is 398 g/mol. The SMILES string of the molecule is CC(=O)c1cccc(OCc2cc(C(=O)Nc3ccn(Cc4ccncc4)n3)no2)c1. The number of anilines is 1. The van der Waals surface area contributed by atoms with E-state index < -0.39 is 5.91 Å². The van der Waals surface area contributed by atoms with E-state index in [1.807, 2.05) is 12.1 Å². The topological polar surface area (TPSA) is 112 Å². The summed E-state index contributed by atoms with van der Waals surface area (Å²) in [6.45, 7) is 2.12. The molecule has 4 aromatic rings. The zero-order valence-electron chi connectivity index (χ0n) is 16.7. The van der Waals surface area contributed by atoms with Crippen LogP contribution in [0.4, 0.5) is 5.82 Å². The number of nitrogens with zero attached hydrogens (tertiary/aromatic N) is 4. The van der Waals surface area contributed by atoms with Gasteiger partial charge in [-0.3, -0.25) is 19.3 Å². The molecule has 3 heterocycles. The Balaban J connectivity index is 1.33. The monoisotopic (exact) mass is 417 g/mol. The van der Waals surface area contributed by atoms with Gasteiger partial charge in [-0.2, -0.15) is 5.10 Å². The minimum atomic E-state index is -0.442.